The van der Waals surface area contributed by atoms with E-state index in [9.17, 15) is 0 Å². The second kappa shape index (κ2) is 7.34. The van der Waals surface area contributed by atoms with Gasteiger partial charge in [0.05, 0.1) is 6.54 Å². The summed E-state index contributed by atoms with van der Waals surface area (Å²) >= 11 is 0. The van der Waals surface area contributed by atoms with Crippen LogP contribution in [-0.2, 0) is 6.54 Å². The van der Waals surface area contributed by atoms with Crippen LogP contribution in [0.15, 0.2) is 48.7 Å². The molecule has 0 bridgehead atoms. The Balaban J connectivity index is 1.79. The summed E-state index contributed by atoms with van der Waals surface area (Å²) in [5, 5.41) is 9.29. The SMILES string of the molecule is Cc1nc(C)n(CC(C)c2nc(-c3ccccc3)nn2-c2ncccc2C)n1. The van der Waals surface area contributed by atoms with E-state index in [1.807, 2.05) is 72.6 Å². The second-order valence-electron chi connectivity index (χ2n) is 7.00. The molecule has 7 nitrogen and oxygen atoms in total. The van der Waals surface area contributed by atoms with E-state index in [2.05, 4.69) is 22.0 Å². The Morgan fingerprint density at radius 1 is 0.929 bits per heavy atom. The number of aryl methyl sites for hydroxylation is 3. The van der Waals surface area contributed by atoms with Gasteiger partial charge in [-0.25, -0.2) is 19.6 Å². The van der Waals surface area contributed by atoms with Gasteiger partial charge in [0.15, 0.2) is 11.6 Å². The van der Waals surface area contributed by atoms with Crippen LogP contribution in [0.4, 0.5) is 0 Å². The minimum Gasteiger partial charge on any atom is -0.249 e. The van der Waals surface area contributed by atoms with E-state index >= 15 is 0 Å². The number of hydrogen-bond acceptors (Lipinski definition) is 5. The molecule has 1 atom stereocenters. The molecule has 0 N–H and O–H groups in total. The van der Waals surface area contributed by atoms with Gasteiger partial charge in [-0.1, -0.05) is 43.3 Å². The van der Waals surface area contributed by atoms with Crippen LogP contribution < -0.4 is 0 Å². The molecule has 7 heteroatoms. The van der Waals surface area contributed by atoms with Gasteiger partial charge in [0.1, 0.15) is 17.5 Å². The third-order valence-corrected chi connectivity index (χ3v) is 4.70. The number of benzene rings is 1. The first-order valence-electron chi connectivity index (χ1n) is 9.35. The van der Waals surface area contributed by atoms with Crippen LogP contribution in [0.1, 0.15) is 35.9 Å². The van der Waals surface area contributed by atoms with Crippen LogP contribution in [0, 0.1) is 20.8 Å². The van der Waals surface area contributed by atoms with E-state index in [4.69, 9.17) is 10.1 Å². The van der Waals surface area contributed by atoms with E-state index in [1.54, 1.807) is 6.20 Å². The Labute approximate surface area is 164 Å². The monoisotopic (exact) mass is 373 g/mol. The molecule has 142 valence electrons. The third kappa shape index (κ3) is 3.43. The fraction of sp³-hybridized carbons (Fsp3) is 0.286. The summed E-state index contributed by atoms with van der Waals surface area (Å²) in [6.07, 6.45) is 1.78. The zero-order valence-electron chi connectivity index (χ0n) is 16.5. The standard InChI is InChI=1S/C21H23N7/c1-14-9-8-12-22-20(14)28-21(15(2)13-27-17(4)23-16(3)25-27)24-19(26-28)18-10-6-5-7-11-18/h5-12,15H,13H2,1-4H3. The first-order valence-corrected chi connectivity index (χ1v) is 9.35. The van der Waals surface area contributed by atoms with Crippen molar-refractivity contribution in [3.63, 3.8) is 0 Å². The predicted molar refractivity (Wildman–Crippen MR) is 107 cm³/mol. The van der Waals surface area contributed by atoms with Gasteiger partial charge in [0.2, 0.25) is 0 Å². The van der Waals surface area contributed by atoms with Crippen molar-refractivity contribution in [3.8, 4) is 17.2 Å². The van der Waals surface area contributed by atoms with Gasteiger partial charge in [0.25, 0.3) is 0 Å². The summed E-state index contributed by atoms with van der Waals surface area (Å²) in [5.41, 5.74) is 2.03. The van der Waals surface area contributed by atoms with Crippen molar-refractivity contribution in [2.45, 2.75) is 40.2 Å². The number of rotatable bonds is 5. The lowest BCUT2D eigenvalue weighted by molar-refractivity contribution is 0.501. The van der Waals surface area contributed by atoms with Crippen LogP contribution >= 0.6 is 0 Å². The first kappa shape index (κ1) is 18.0. The Bertz CT molecular complexity index is 1100. The van der Waals surface area contributed by atoms with E-state index in [1.165, 1.54) is 0 Å². The highest BCUT2D eigenvalue weighted by Gasteiger charge is 2.21. The van der Waals surface area contributed by atoms with Gasteiger partial charge >= 0.3 is 0 Å². The molecule has 4 rings (SSSR count). The van der Waals surface area contributed by atoms with Crippen LogP contribution in [-0.4, -0.2) is 34.5 Å². The van der Waals surface area contributed by atoms with E-state index in [0.29, 0.717) is 12.4 Å². The molecule has 0 saturated carbocycles. The maximum absolute atomic E-state index is 4.88. The lowest BCUT2D eigenvalue weighted by Gasteiger charge is -2.13. The summed E-state index contributed by atoms with van der Waals surface area (Å²) < 4.78 is 3.79. The summed E-state index contributed by atoms with van der Waals surface area (Å²) in [6.45, 7) is 8.71. The second-order valence-corrected chi connectivity index (χ2v) is 7.00. The fourth-order valence-corrected chi connectivity index (χ4v) is 3.28. The predicted octanol–water partition coefficient (Wildman–Crippen LogP) is 3.65. The smallest absolute Gasteiger partial charge is 0.181 e. The third-order valence-electron chi connectivity index (χ3n) is 4.70. The summed E-state index contributed by atoms with van der Waals surface area (Å²) in [4.78, 5) is 13.8. The van der Waals surface area contributed by atoms with Crippen LogP contribution in [0.3, 0.4) is 0 Å². The topological polar surface area (TPSA) is 74.3 Å². The molecule has 0 saturated heterocycles. The molecule has 4 aromatic rings. The first-order chi connectivity index (χ1) is 13.5. The Hall–Kier alpha value is -3.35. The van der Waals surface area contributed by atoms with Crippen molar-refractivity contribution in [2.75, 3.05) is 0 Å². The van der Waals surface area contributed by atoms with Gasteiger partial charge < -0.3 is 0 Å². The summed E-state index contributed by atoms with van der Waals surface area (Å²) in [6, 6.07) is 14.0. The fourth-order valence-electron chi connectivity index (χ4n) is 3.28. The molecule has 0 aliphatic heterocycles. The normalized spacial score (nSPS) is 12.3. The number of hydrogen-bond donors (Lipinski definition) is 0. The average Bonchev–Trinajstić information content (AvgIpc) is 3.26. The molecule has 1 unspecified atom stereocenters. The molecule has 0 amide bonds. The van der Waals surface area contributed by atoms with Crippen LogP contribution in [0.2, 0.25) is 0 Å². The van der Waals surface area contributed by atoms with E-state index < -0.39 is 0 Å². The summed E-state index contributed by atoms with van der Waals surface area (Å²) in [7, 11) is 0. The van der Waals surface area contributed by atoms with Crippen molar-refractivity contribution < 1.29 is 0 Å². The van der Waals surface area contributed by atoms with Gasteiger partial charge in [-0.3, -0.25) is 0 Å². The molecule has 0 radical (unpaired) electrons. The molecule has 3 aromatic heterocycles. The molecule has 0 spiro atoms. The highest BCUT2D eigenvalue weighted by molar-refractivity contribution is 5.54. The Morgan fingerprint density at radius 3 is 2.39 bits per heavy atom. The molecule has 3 heterocycles. The minimum absolute atomic E-state index is 0.0752. The van der Waals surface area contributed by atoms with Gasteiger partial charge in [0, 0.05) is 17.7 Å². The highest BCUT2D eigenvalue weighted by atomic mass is 15.4. The molecule has 0 aliphatic carbocycles. The molecular weight excluding hydrogens is 350 g/mol. The van der Waals surface area contributed by atoms with Crippen molar-refractivity contribution in [3.05, 3.63) is 71.7 Å². The van der Waals surface area contributed by atoms with E-state index in [0.717, 1.165) is 34.4 Å². The van der Waals surface area contributed by atoms with E-state index in [-0.39, 0.29) is 5.92 Å². The Kier molecular flexibility index (Phi) is 4.73. The Morgan fingerprint density at radius 2 is 1.71 bits per heavy atom. The maximum atomic E-state index is 4.88. The van der Waals surface area contributed by atoms with Gasteiger partial charge in [-0.15, -0.1) is 5.10 Å². The number of aromatic nitrogens is 7. The maximum Gasteiger partial charge on any atom is 0.181 e. The molecule has 28 heavy (non-hydrogen) atoms. The number of pyridine rings is 1. The van der Waals surface area contributed by atoms with Gasteiger partial charge in [-0.05, 0) is 32.4 Å². The lowest BCUT2D eigenvalue weighted by Crippen LogP contribution is -2.15. The quantitative estimate of drug-likeness (QED) is 0.534. The average molecular weight is 373 g/mol. The zero-order chi connectivity index (χ0) is 19.7. The van der Waals surface area contributed by atoms with Crippen molar-refractivity contribution in [2.24, 2.45) is 0 Å². The lowest BCUT2D eigenvalue weighted by atomic mass is 10.1. The largest absolute Gasteiger partial charge is 0.249 e. The summed E-state index contributed by atoms with van der Waals surface area (Å²) in [5.74, 6) is 4.09. The molecule has 0 fully saturated rings. The minimum atomic E-state index is 0.0752. The molecule has 1 aromatic carbocycles. The van der Waals surface area contributed by atoms with Crippen LogP contribution in [0.5, 0.6) is 0 Å². The van der Waals surface area contributed by atoms with Crippen LogP contribution in [0.25, 0.3) is 17.2 Å². The molecule has 0 aliphatic rings. The molecular formula is C21H23N7. The van der Waals surface area contributed by atoms with Gasteiger partial charge in [-0.2, -0.15) is 9.78 Å². The zero-order valence-corrected chi connectivity index (χ0v) is 16.5. The van der Waals surface area contributed by atoms with Crippen molar-refractivity contribution in [1.29, 1.82) is 0 Å². The highest BCUT2D eigenvalue weighted by Crippen LogP contribution is 2.24. The van der Waals surface area contributed by atoms with Crippen molar-refractivity contribution >= 4 is 0 Å². The van der Waals surface area contributed by atoms with Crippen molar-refractivity contribution in [1.82, 2.24) is 34.5 Å². The number of nitrogens with zero attached hydrogens (tertiary/aromatic N) is 7.